The second kappa shape index (κ2) is 3.06. The first-order chi connectivity index (χ1) is 6.18. The molecule has 1 atom stereocenters. The highest BCUT2D eigenvalue weighted by Crippen LogP contribution is 2.23. The molecular formula is C8H5IN2O2. The zero-order valence-corrected chi connectivity index (χ0v) is 8.59. The third-order valence-corrected chi connectivity index (χ3v) is 2.63. The van der Waals surface area contributed by atoms with Crippen molar-refractivity contribution < 1.29 is 9.90 Å². The number of carboxylic acid groups (broad SMARTS) is 1. The fraction of sp³-hybridized carbons (Fsp3) is 0.125. The van der Waals surface area contributed by atoms with E-state index in [1.54, 1.807) is 18.2 Å². The monoisotopic (exact) mass is 288 g/mol. The van der Waals surface area contributed by atoms with E-state index >= 15 is 0 Å². The summed E-state index contributed by atoms with van der Waals surface area (Å²) in [4.78, 5) is 10.7. The molecule has 0 saturated carbocycles. The minimum Gasteiger partial charge on any atom is -0.481 e. The summed E-state index contributed by atoms with van der Waals surface area (Å²) in [5.74, 6) is -1.40. The third kappa shape index (κ3) is 1.43. The predicted octanol–water partition coefficient (Wildman–Crippen LogP) is 1.39. The molecular weight excluding hydrogens is 283 g/mol. The largest absolute Gasteiger partial charge is 0.481 e. The molecule has 1 aliphatic heterocycles. The normalized spacial score (nSPS) is 24.7. The second-order valence-electron chi connectivity index (χ2n) is 2.68. The number of rotatable bonds is 1. The number of hydrogen-bond donors (Lipinski definition) is 1. The summed E-state index contributed by atoms with van der Waals surface area (Å²) in [7, 11) is 0. The van der Waals surface area contributed by atoms with Gasteiger partial charge >= 0.3 is 5.97 Å². The first kappa shape index (κ1) is 8.61. The average Bonchev–Trinajstić information content (AvgIpc) is 2.47. The molecule has 2 rings (SSSR count). The lowest BCUT2D eigenvalue weighted by atomic mass is 9.97. The summed E-state index contributed by atoms with van der Waals surface area (Å²) >= 11 is 2.04. The zero-order chi connectivity index (χ0) is 9.42. The van der Waals surface area contributed by atoms with Crippen LogP contribution in [0.1, 0.15) is 0 Å². The number of carboxylic acids is 1. The number of aliphatic carboxylic acids is 1. The van der Waals surface area contributed by atoms with Crippen LogP contribution in [-0.2, 0) is 4.79 Å². The van der Waals surface area contributed by atoms with E-state index in [0.717, 1.165) is 15.0 Å². The summed E-state index contributed by atoms with van der Waals surface area (Å²) in [6, 6.07) is 0. The molecule has 13 heavy (non-hydrogen) atoms. The molecule has 0 saturated heterocycles. The van der Waals surface area contributed by atoms with Gasteiger partial charge in [0.2, 0.25) is 0 Å². The zero-order valence-electron chi connectivity index (χ0n) is 6.44. The first-order valence-corrected chi connectivity index (χ1v) is 4.71. The van der Waals surface area contributed by atoms with Crippen molar-refractivity contribution in [1.29, 1.82) is 0 Å². The number of carbonyl (C=O) groups is 1. The molecule has 0 radical (unpaired) electrons. The van der Waals surface area contributed by atoms with Gasteiger partial charge in [-0.15, -0.1) is 10.2 Å². The molecule has 2 aliphatic rings. The van der Waals surface area contributed by atoms with Crippen molar-refractivity contribution >= 4 is 38.0 Å². The van der Waals surface area contributed by atoms with E-state index in [0.29, 0.717) is 0 Å². The number of nitrogens with zero attached hydrogens (tertiary/aromatic N) is 2. The van der Waals surface area contributed by atoms with Gasteiger partial charge in [0.15, 0.2) is 0 Å². The molecule has 1 N–H and O–H groups in total. The minimum atomic E-state index is -0.848. The number of hydrogen-bond acceptors (Lipinski definition) is 3. The summed E-state index contributed by atoms with van der Waals surface area (Å²) in [6.07, 6.45) is 4.97. The highest BCUT2D eigenvalue weighted by Gasteiger charge is 2.23. The van der Waals surface area contributed by atoms with Crippen LogP contribution in [0.2, 0.25) is 0 Å². The molecule has 0 fully saturated rings. The van der Waals surface area contributed by atoms with Gasteiger partial charge in [-0.1, -0.05) is 12.2 Å². The van der Waals surface area contributed by atoms with Gasteiger partial charge in [-0.25, -0.2) is 0 Å². The Labute approximate surface area is 87.9 Å². The maximum Gasteiger partial charge on any atom is 0.314 e. The highest BCUT2D eigenvalue weighted by atomic mass is 127. The lowest BCUT2D eigenvalue weighted by molar-refractivity contribution is -0.138. The Morgan fingerprint density at radius 3 is 3.00 bits per heavy atom. The molecule has 66 valence electrons. The molecule has 0 spiro atoms. The van der Waals surface area contributed by atoms with Crippen molar-refractivity contribution in [1.82, 2.24) is 0 Å². The van der Waals surface area contributed by atoms with Crippen LogP contribution in [0.3, 0.4) is 0 Å². The van der Waals surface area contributed by atoms with E-state index in [1.165, 1.54) is 0 Å². The van der Waals surface area contributed by atoms with Crippen LogP contribution >= 0.6 is 22.6 Å². The maximum absolute atomic E-state index is 10.7. The summed E-state index contributed by atoms with van der Waals surface area (Å²) < 4.78 is 0.753. The van der Waals surface area contributed by atoms with Crippen LogP contribution in [0.4, 0.5) is 0 Å². The molecule has 1 aliphatic carbocycles. The molecule has 0 aromatic carbocycles. The Kier molecular flexibility index (Phi) is 2.03. The van der Waals surface area contributed by atoms with Crippen molar-refractivity contribution in [3.63, 3.8) is 0 Å². The molecule has 5 heteroatoms. The minimum absolute atomic E-state index is 0.549. The van der Waals surface area contributed by atoms with Crippen LogP contribution in [0.15, 0.2) is 34.0 Å². The van der Waals surface area contributed by atoms with Crippen molar-refractivity contribution in [2.24, 2.45) is 16.1 Å². The number of fused-ring (bicyclic) bond motifs is 1. The fourth-order valence-corrected chi connectivity index (χ4v) is 1.74. The molecule has 0 bridgehead atoms. The lowest BCUT2D eigenvalue weighted by Gasteiger charge is -2.08. The Balaban J connectivity index is 2.36. The fourth-order valence-electron chi connectivity index (χ4n) is 1.17. The van der Waals surface area contributed by atoms with E-state index in [-0.39, 0.29) is 0 Å². The average molecular weight is 288 g/mol. The Morgan fingerprint density at radius 2 is 2.31 bits per heavy atom. The quantitative estimate of drug-likeness (QED) is 0.741. The van der Waals surface area contributed by atoms with Gasteiger partial charge in [-0.2, -0.15) is 0 Å². The Hall–Kier alpha value is -0.980. The van der Waals surface area contributed by atoms with E-state index < -0.39 is 11.9 Å². The van der Waals surface area contributed by atoms with Crippen molar-refractivity contribution in [2.75, 3.05) is 0 Å². The highest BCUT2D eigenvalue weighted by molar-refractivity contribution is 14.1. The molecule has 0 unspecified atom stereocenters. The van der Waals surface area contributed by atoms with Crippen LogP contribution in [0.25, 0.3) is 0 Å². The van der Waals surface area contributed by atoms with Crippen LogP contribution in [0.5, 0.6) is 0 Å². The van der Waals surface area contributed by atoms with Gasteiger partial charge in [-0.05, 0) is 28.7 Å². The van der Waals surface area contributed by atoms with Gasteiger partial charge in [-0.3, -0.25) is 4.79 Å². The second-order valence-corrected chi connectivity index (χ2v) is 3.70. The Morgan fingerprint density at radius 1 is 1.54 bits per heavy atom. The van der Waals surface area contributed by atoms with Crippen LogP contribution in [0, 0.1) is 5.92 Å². The van der Waals surface area contributed by atoms with E-state index in [2.05, 4.69) is 10.2 Å². The summed E-state index contributed by atoms with van der Waals surface area (Å²) in [6.45, 7) is 0. The van der Waals surface area contributed by atoms with E-state index in [1.807, 2.05) is 22.6 Å². The predicted molar refractivity (Wildman–Crippen MR) is 57.2 cm³/mol. The molecule has 0 amide bonds. The van der Waals surface area contributed by atoms with Gasteiger partial charge in [0.1, 0.15) is 3.72 Å². The molecule has 0 aromatic rings. The van der Waals surface area contributed by atoms with Crippen molar-refractivity contribution in [3.8, 4) is 0 Å². The van der Waals surface area contributed by atoms with Gasteiger partial charge in [0.05, 0.1) is 11.6 Å². The smallest absolute Gasteiger partial charge is 0.314 e. The SMILES string of the molecule is O=C(O)[C@H]1C=CC2=NN=C(I)C2=C1. The summed E-state index contributed by atoms with van der Waals surface area (Å²) in [5.41, 5.74) is 1.58. The summed E-state index contributed by atoms with van der Waals surface area (Å²) in [5, 5.41) is 16.5. The van der Waals surface area contributed by atoms with Gasteiger partial charge in [0.25, 0.3) is 0 Å². The number of halogens is 1. The van der Waals surface area contributed by atoms with Crippen molar-refractivity contribution in [2.45, 2.75) is 0 Å². The lowest BCUT2D eigenvalue weighted by Crippen LogP contribution is -2.15. The topological polar surface area (TPSA) is 62.0 Å². The van der Waals surface area contributed by atoms with Gasteiger partial charge in [0, 0.05) is 5.57 Å². The number of allylic oxidation sites excluding steroid dienone is 2. The molecule has 4 nitrogen and oxygen atoms in total. The van der Waals surface area contributed by atoms with Crippen LogP contribution < -0.4 is 0 Å². The Bertz CT molecular complexity index is 393. The van der Waals surface area contributed by atoms with Crippen molar-refractivity contribution in [3.05, 3.63) is 23.8 Å². The molecule has 0 aromatic heterocycles. The standard InChI is InChI=1S/C8H5IN2O2/c9-7-5-3-4(8(12)13)1-2-6(5)10-11-7/h1-4H,(H,12,13)/t4-/m0/s1. The van der Waals surface area contributed by atoms with Crippen LogP contribution in [-0.4, -0.2) is 20.5 Å². The first-order valence-electron chi connectivity index (χ1n) is 3.63. The maximum atomic E-state index is 10.7. The van der Waals surface area contributed by atoms with E-state index in [9.17, 15) is 4.79 Å². The third-order valence-electron chi connectivity index (χ3n) is 1.84. The van der Waals surface area contributed by atoms with Gasteiger partial charge < -0.3 is 5.11 Å². The van der Waals surface area contributed by atoms with E-state index in [4.69, 9.17) is 5.11 Å². The molecule has 1 heterocycles.